The third kappa shape index (κ3) is 1.94. The molecule has 0 aliphatic heterocycles. The number of hydrogen-bond donors (Lipinski definition) is 3. The Kier molecular flexibility index (Phi) is 3.15. The van der Waals surface area contributed by atoms with Crippen molar-refractivity contribution in [2.45, 2.75) is 6.92 Å². The second-order valence-corrected chi connectivity index (χ2v) is 4.58. The maximum absolute atomic E-state index is 9.69. The van der Waals surface area contributed by atoms with E-state index in [9.17, 15) is 10.2 Å². The smallest absolute Gasteiger partial charge is 0.143 e. The number of likely N-dealkylation sites (N-methyl/N-ethyl adjacent to an activating group) is 1. The molecular weight excluding hydrogens is 256 g/mol. The van der Waals surface area contributed by atoms with E-state index in [0.717, 1.165) is 34.3 Å². The summed E-state index contributed by atoms with van der Waals surface area (Å²) < 4.78 is 0. The van der Waals surface area contributed by atoms with E-state index in [0.29, 0.717) is 6.54 Å². The van der Waals surface area contributed by atoms with Crippen LogP contribution in [0.5, 0.6) is 5.75 Å². The minimum Gasteiger partial charge on any atom is -0.508 e. The molecule has 0 spiro atoms. The van der Waals surface area contributed by atoms with Gasteiger partial charge in [-0.2, -0.15) is 0 Å². The molecule has 2 aromatic heterocycles. The highest BCUT2D eigenvalue weighted by molar-refractivity contribution is 6.11. The van der Waals surface area contributed by atoms with Crippen LogP contribution in [0.3, 0.4) is 0 Å². The quantitative estimate of drug-likeness (QED) is 0.672. The largest absolute Gasteiger partial charge is 0.508 e. The number of H-pyrrole nitrogens is 1. The third-order valence-electron chi connectivity index (χ3n) is 3.40. The molecule has 3 rings (SSSR count). The Bertz CT molecular complexity index is 753. The van der Waals surface area contributed by atoms with E-state index < -0.39 is 0 Å². The molecule has 3 aromatic rings. The highest BCUT2D eigenvalue weighted by atomic mass is 16.3. The molecule has 0 saturated heterocycles. The molecule has 104 valence electrons. The van der Waals surface area contributed by atoms with Crippen LogP contribution in [0.4, 0.5) is 5.82 Å². The van der Waals surface area contributed by atoms with Crippen LogP contribution in [0.15, 0.2) is 24.5 Å². The van der Waals surface area contributed by atoms with E-state index >= 15 is 0 Å². The SMILES string of the molecule is CCN(CCO)c1ncnc2[nH]c3ccc(O)cc3c12. The van der Waals surface area contributed by atoms with Crippen molar-refractivity contribution in [2.24, 2.45) is 0 Å². The highest BCUT2D eigenvalue weighted by Gasteiger charge is 2.15. The number of aromatic amines is 1. The summed E-state index contributed by atoms with van der Waals surface area (Å²) in [5.41, 5.74) is 1.63. The van der Waals surface area contributed by atoms with E-state index in [1.165, 1.54) is 6.33 Å². The van der Waals surface area contributed by atoms with Crippen molar-refractivity contribution in [1.82, 2.24) is 15.0 Å². The van der Waals surface area contributed by atoms with E-state index in [1.54, 1.807) is 12.1 Å². The van der Waals surface area contributed by atoms with E-state index in [1.807, 2.05) is 17.9 Å². The Morgan fingerprint density at radius 3 is 2.90 bits per heavy atom. The fraction of sp³-hybridized carbons (Fsp3) is 0.286. The number of anilines is 1. The minimum atomic E-state index is 0.0624. The van der Waals surface area contributed by atoms with Crippen molar-refractivity contribution < 1.29 is 10.2 Å². The van der Waals surface area contributed by atoms with Gasteiger partial charge in [-0.25, -0.2) is 9.97 Å². The molecule has 6 nitrogen and oxygen atoms in total. The molecule has 0 aliphatic carbocycles. The summed E-state index contributed by atoms with van der Waals surface area (Å²) in [4.78, 5) is 13.8. The Morgan fingerprint density at radius 2 is 2.15 bits per heavy atom. The summed E-state index contributed by atoms with van der Waals surface area (Å²) in [6, 6.07) is 5.16. The van der Waals surface area contributed by atoms with Crippen LogP contribution in [0.1, 0.15) is 6.92 Å². The Hall–Kier alpha value is -2.34. The van der Waals surface area contributed by atoms with Crippen molar-refractivity contribution in [1.29, 1.82) is 0 Å². The summed E-state index contributed by atoms with van der Waals surface area (Å²) in [5.74, 6) is 0.974. The topological polar surface area (TPSA) is 85.3 Å². The van der Waals surface area contributed by atoms with Crippen molar-refractivity contribution >= 4 is 27.8 Å². The minimum absolute atomic E-state index is 0.0624. The third-order valence-corrected chi connectivity index (χ3v) is 3.40. The maximum atomic E-state index is 9.69. The van der Waals surface area contributed by atoms with Gasteiger partial charge in [0.1, 0.15) is 23.5 Å². The van der Waals surface area contributed by atoms with Crippen LogP contribution in [0.25, 0.3) is 21.9 Å². The predicted octanol–water partition coefficient (Wildman–Crippen LogP) is 1.64. The fourth-order valence-corrected chi connectivity index (χ4v) is 2.47. The number of aromatic hydroxyl groups is 1. The number of fused-ring (bicyclic) bond motifs is 3. The summed E-state index contributed by atoms with van der Waals surface area (Å²) in [6.45, 7) is 3.31. The standard InChI is InChI=1S/C14H16N4O2/c1-2-18(5-6-19)14-12-10-7-9(20)3-4-11(10)17-13(12)15-8-16-14/h3-4,7-8,19-20H,2,5-6H2,1H3,(H,15,16,17). The lowest BCUT2D eigenvalue weighted by Crippen LogP contribution is -2.27. The molecule has 0 radical (unpaired) electrons. The molecule has 0 atom stereocenters. The number of aliphatic hydroxyl groups is 1. The van der Waals surface area contributed by atoms with Gasteiger partial charge in [0.15, 0.2) is 0 Å². The molecule has 0 bridgehead atoms. The lowest BCUT2D eigenvalue weighted by Gasteiger charge is -2.21. The van der Waals surface area contributed by atoms with Crippen LogP contribution in [0.2, 0.25) is 0 Å². The first-order chi connectivity index (χ1) is 9.74. The molecule has 0 aliphatic rings. The highest BCUT2D eigenvalue weighted by Crippen LogP contribution is 2.32. The molecular formula is C14H16N4O2. The van der Waals surface area contributed by atoms with Crippen molar-refractivity contribution in [3.63, 3.8) is 0 Å². The zero-order valence-corrected chi connectivity index (χ0v) is 11.2. The molecule has 20 heavy (non-hydrogen) atoms. The average Bonchev–Trinajstić information content (AvgIpc) is 2.82. The number of benzene rings is 1. The lowest BCUT2D eigenvalue weighted by molar-refractivity contribution is 0.302. The summed E-state index contributed by atoms with van der Waals surface area (Å²) in [6.07, 6.45) is 1.51. The molecule has 6 heteroatoms. The zero-order valence-electron chi connectivity index (χ0n) is 11.2. The zero-order chi connectivity index (χ0) is 14.1. The summed E-state index contributed by atoms with van der Waals surface area (Å²) in [5, 5.41) is 20.6. The molecule has 0 fully saturated rings. The number of phenolic OH excluding ortho intramolecular Hbond substituents is 1. The first-order valence-corrected chi connectivity index (χ1v) is 6.55. The Morgan fingerprint density at radius 1 is 1.30 bits per heavy atom. The monoisotopic (exact) mass is 272 g/mol. The van der Waals surface area contributed by atoms with Crippen LogP contribution in [0, 0.1) is 0 Å². The molecule has 1 aromatic carbocycles. The number of nitrogens with zero attached hydrogens (tertiary/aromatic N) is 3. The fourth-order valence-electron chi connectivity index (χ4n) is 2.47. The van der Waals surface area contributed by atoms with Crippen molar-refractivity contribution in [2.75, 3.05) is 24.6 Å². The van der Waals surface area contributed by atoms with Gasteiger partial charge >= 0.3 is 0 Å². The molecule has 0 unspecified atom stereocenters. The van der Waals surface area contributed by atoms with Gasteiger partial charge in [-0.3, -0.25) is 0 Å². The first kappa shape index (κ1) is 12.7. The number of aromatic nitrogens is 3. The van der Waals surface area contributed by atoms with Gasteiger partial charge in [0, 0.05) is 24.0 Å². The van der Waals surface area contributed by atoms with Gasteiger partial charge in [0.25, 0.3) is 0 Å². The number of hydrogen-bond acceptors (Lipinski definition) is 5. The van der Waals surface area contributed by atoms with Crippen LogP contribution < -0.4 is 4.90 Å². The molecule has 0 saturated carbocycles. The Balaban J connectivity index is 2.31. The van der Waals surface area contributed by atoms with Gasteiger partial charge in [0.05, 0.1) is 12.0 Å². The van der Waals surface area contributed by atoms with Gasteiger partial charge in [0.2, 0.25) is 0 Å². The maximum Gasteiger partial charge on any atom is 0.143 e. The molecule has 3 N–H and O–H groups in total. The van der Waals surface area contributed by atoms with E-state index in [-0.39, 0.29) is 12.4 Å². The lowest BCUT2D eigenvalue weighted by atomic mass is 10.2. The average molecular weight is 272 g/mol. The number of nitrogens with one attached hydrogen (secondary N) is 1. The van der Waals surface area contributed by atoms with Gasteiger partial charge < -0.3 is 20.1 Å². The van der Waals surface area contributed by atoms with E-state index in [2.05, 4.69) is 15.0 Å². The van der Waals surface area contributed by atoms with Crippen molar-refractivity contribution in [3.05, 3.63) is 24.5 Å². The normalized spacial score (nSPS) is 11.3. The van der Waals surface area contributed by atoms with Gasteiger partial charge in [-0.05, 0) is 25.1 Å². The van der Waals surface area contributed by atoms with Crippen molar-refractivity contribution in [3.8, 4) is 5.75 Å². The van der Waals surface area contributed by atoms with E-state index in [4.69, 9.17) is 0 Å². The summed E-state index contributed by atoms with van der Waals surface area (Å²) in [7, 11) is 0. The first-order valence-electron chi connectivity index (χ1n) is 6.55. The molecule has 0 amide bonds. The number of phenols is 1. The predicted molar refractivity (Wildman–Crippen MR) is 78.0 cm³/mol. The number of rotatable bonds is 4. The van der Waals surface area contributed by atoms with Gasteiger partial charge in [-0.1, -0.05) is 0 Å². The molecule has 2 heterocycles. The van der Waals surface area contributed by atoms with Crippen LogP contribution in [-0.2, 0) is 0 Å². The van der Waals surface area contributed by atoms with Gasteiger partial charge in [-0.15, -0.1) is 0 Å². The number of aliphatic hydroxyl groups excluding tert-OH is 1. The second-order valence-electron chi connectivity index (χ2n) is 4.58. The Labute approximate surface area is 115 Å². The van der Waals surface area contributed by atoms with Crippen LogP contribution in [-0.4, -0.2) is 44.9 Å². The summed E-state index contributed by atoms with van der Waals surface area (Å²) >= 11 is 0. The second kappa shape index (κ2) is 4.97. The van der Waals surface area contributed by atoms with Crippen LogP contribution >= 0.6 is 0 Å².